The number of hydrogen-bond donors (Lipinski definition) is 2. The number of carboxylic acid groups (broad SMARTS) is 1. The second-order valence-corrected chi connectivity index (χ2v) is 8.00. The number of nitrogens with one attached hydrogen (secondary N) is 1. The Hall–Kier alpha value is -3.94. The largest absolute Gasteiger partial charge is 0.494 e. The first-order chi connectivity index (χ1) is 15.9. The number of H-pyrrole nitrogens is 1. The lowest BCUT2D eigenvalue weighted by Crippen LogP contribution is -2.31. The number of hydrazone groups is 1. The Labute approximate surface area is 190 Å². The predicted octanol–water partition coefficient (Wildman–Crippen LogP) is 3.78. The zero-order valence-corrected chi connectivity index (χ0v) is 18.5. The first kappa shape index (κ1) is 22.3. The van der Waals surface area contributed by atoms with Crippen LogP contribution in [-0.2, 0) is 9.59 Å². The number of ether oxygens (including phenoxy) is 1. The summed E-state index contributed by atoms with van der Waals surface area (Å²) in [6, 6.07) is 14.4. The number of benzene rings is 2. The van der Waals surface area contributed by atoms with E-state index in [9.17, 15) is 14.4 Å². The fraction of sp³-hybridized carbons (Fsp3) is 0.280. The van der Waals surface area contributed by atoms with Gasteiger partial charge >= 0.3 is 5.97 Å². The minimum atomic E-state index is -1.06. The van der Waals surface area contributed by atoms with Crippen molar-refractivity contribution in [2.24, 2.45) is 5.10 Å². The van der Waals surface area contributed by atoms with Crippen LogP contribution < -0.4 is 10.3 Å². The molecule has 0 radical (unpaired) electrons. The van der Waals surface area contributed by atoms with Crippen LogP contribution in [0, 0.1) is 6.92 Å². The molecule has 0 spiro atoms. The van der Waals surface area contributed by atoms with E-state index >= 15 is 0 Å². The third-order valence-electron chi connectivity index (χ3n) is 5.59. The molecule has 0 saturated heterocycles. The summed E-state index contributed by atoms with van der Waals surface area (Å²) in [4.78, 5) is 39.8. The van der Waals surface area contributed by atoms with Gasteiger partial charge in [0.1, 0.15) is 5.75 Å². The number of carboxylic acids is 1. The van der Waals surface area contributed by atoms with Crippen molar-refractivity contribution >= 4 is 28.5 Å². The number of aliphatic carboxylic acids is 1. The molecule has 0 saturated carbocycles. The van der Waals surface area contributed by atoms with Gasteiger partial charge in [0, 0.05) is 24.5 Å². The molecule has 0 unspecified atom stereocenters. The van der Waals surface area contributed by atoms with Gasteiger partial charge in [-0.05, 0) is 43.0 Å². The monoisotopic (exact) mass is 447 g/mol. The molecule has 2 N–H and O–H groups in total. The van der Waals surface area contributed by atoms with Crippen LogP contribution in [0.5, 0.6) is 5.75 Å². The summed E-state index contributed by atoms with van der Waals surface area (Å²) in [5.41, 5.74) is 3.32. The maximum absolute atomic E-state index is 13.0. The SMILES string of the molecule is CCOc1ccc2cc([C@H]3CC(c4cccc(C)c4)=NN3C(=O)CCC(=O)O)c(=O)[nH]c2c1. The van der Waals surface area contributed by atoms with E-state index in [1.54, 1.807) is 12.1 Å². The van der Waals surface area contributed by atoms with Crippen molar-refractivity contribution in [3.63, 3.8) is 0 Å². The van der Waals surface area contributed by atoms with Crippen LogP contribution in [0.15, 0.2) is 58.4 Å². The lowest BCUT2D eigenvalue weighted by atomic mass is 9.97. The van der Waals surface area contributed by atoms with Crippen molar-refractivity contribution in [3.05, 3.63) is 75.6 Å². The second-order valence-electron chi connectivity index (χ2n) is 8.00. The number of carbonyl (C=O) groups excluding carboxylic acids is 1. The van der Waals surface area contributed by atoms with Crippen LogP contribution in [0.25, 0.3) is 10.9 Å². The highest BCUT2D eigenvalue weighted by Crippen LogP contribution is 2.33. The normalized spacial score (nSPS) is 15.5. The van der Waals surface area contributed by atoms with E-state index in [-0.39, 0.29) is 18.4 Å². The average molecular weight is 447 g/mol. The second kappa shape index (κ2) is 9.28. The van der Waals surface area contributed by atoms with Crippen molar-refractivity contribution in [3.8, 4) is 5.75 Å². The number of aryl methyl sites for hydroxylation is 1. The lowest BCUT2D eigenvalue weighted by molar-refractivity contribution is -0.141. The molecule has 1 amide bonds. The minimum Gasteiger partial charge on any atom is -0.494 e. The van der Waals surface area contributed by atoms with Crippen molar-refractivity contribution in [2.75, 3.05) is 6.61 Å². The Bertz CT molecular complexity index is 1310. The summed E-state index contributed by atoms with van der Waals surface area (Å²) in [5.74, 6) is -0.836. The van der Waals surface area contributed by atoms with Gasteiger partial charge in [0.25, 0.3) is 5.56 Å². The van der Waals surface area contributed by atoms with Crippen LogP contribution in [0.2, 0.25) is 0 Å². The van der Waals surface area contributed by atoms with E-state index in [0.29, 0.717) is 35.6 Å². The Kier molecular flexibility index (Phi) is 6.26. The number of carbonyl (C=O) groups is 2. The Morgan fingerprint density at radius 2 is 2.00 bits per heavy atom. The maximum Gasteiger partial charge on any atom is 0.303 e. The standard InChI is InChI=1S/C25H25N3O5/c1-3-33-18-8-7-17-12-19(25(32)26-20(17)13-18)22-14-21(16-6-4-5-15(2)11-16)27-28(22)23(29)9-10-24(30)31/h4-8,11-13,22H,3,9-10,14H2,1-2H3,(H,26,32)(H,30,31)/t22-/m1/s1. The van der Waals surface area contributed by atoms with E-state index < -0.39 is 17.9 Å². The van der Waals surface area contributed by atoms with Gasteiger partial charge in [-0.1, -0.05) is 29.8 Å². The number of pyridine rings is 1. The Morgan fingerprint density at radius 1 is 1.18 bits per heavy atom. The smallest absolute Gasteiger partial charge is 0.303 e. The van der Waals surface area contributed by atoms with Gasteiger partial charge in [0.05, 0.1) is 30.3 Å². The van der Waals surface area contributed by atoms with E-state index in [1.807, 2.05) is 50.2 Å². The quantitative estimate of drug-likeness (QED) is 0.572. The van der Waals surface area contributed by atoms with E-state index in [0.717, 1.165) is 16.5 Å². The van der Waals surface area contributed by atoms with Crippen molar-refractivity contribution in [1.82, 2.24) is 9.99 Å². The van der Waals surface area contributed by atoms with Crippen molar-refractivity contribution in [1.29, 1.82) is 0 Å². The molecule has 170 valence electrons. The molecular formula is C25H25N3O5. The molecule has 2 aromatic carbocycles. The third-order valence-corrected chi connectivity index (χ3v) is 5.59. The first-order valence-corrected chi connectivity index (χ1v) is 10.8. The lowest BCUT2D eigenvalue weighted by Gasteiger charge is -2.21. The van der Waals surface area contributed by atoms with E-state index in [2.05, 4.69) is 10.1 Å². The molecule has 1 aliphatic rings. The molecular weight excluding hydrogens is 422 g/mol. The topological polar surface area (TPSA) is 112 Å². The molecule has 2 heterocycles. The van der Waals surface area contributed by atoms with Gasteiger partial charge in [-0.2, -0.15) is 5.10 Å². The fourth-order valence-corrected chi connectivity index (χ4v) is 4.01. The van der Waals surface area contributed by atoms with Crippen LogP contribution in [-0.4, -0.2) is 39.3 Å². The molecule has 0 bridgehead atoms. The summed E-state index contributed by atoms with van der Waals surface area (Å²) < 4.78 is 5.51. The summed E-state index contributed by atoms with van der Waals surface area (Å²) in [7, 11) is 0. The van der Waals surface area contributed by atoms with Gasteiger partial charge in [-0.15, -0.1) is 0 Å². The molecule has 0 fully saturated rings. The highest BCUT2D eigenvalue weighted by molar-refractivity contribution is 6.03. The number of fused-ring (bicyclic) bond motifs is 1. The van der Waals surface area contributed by atoms with Crippen LogP contribution >= 0.6 is 0 Å². The fourth-order valence-electron chi connectivity index (χ4n) is 4.01. The third kappa shape index (κ3) is 4.79. The highest BCUT2D eigenvalue weighted by atomic mass is 16.5. The van der Waals surface area contributed by atoms with Crippen LogP contribution in [0.4, 0.5) is 0 Å². The number of nitrogens with zero attached hydrogens (tertiary/aromatic N) is 2. The number of aromatic nitrogens is 1. The van der Waals surface area contributed by atoms with E-state index in [4.69, 9.17) is 9.84 Å². The predicted molar refractivity (Wildman–Crippen MR) is 125 cm³/mol. The number of aromatic amines is 1. The summed E-state index contributed by atoms with van der Waals surface area (Å²) in [6.45, 7) is 4.37. The zero-order valence-electron chi connectivity index (χ0n) is 18.5. The minimum absolute atomic E-state index is 0.195. The molecule has 4 rings (SSSR count). The average Bonchev–Trinajstić information content (AvgIpc) is 3.22. The van der Waals surface area contributed by atoms with Gasteiger partial charge in [0.2, 0.25) is 5.91 Å². The molecule has 0 aliphatic carbocycles. The number of amides is 1. The molecule has 8 nitrogen and oxygen atoms in total. The first-order valence-electron chi connectivity index (χ1n) is 10.8. The molecule has 8 heteroatoms. The van der Waals surface area contributed by atoms with Gasteiger partial charge < -0.3 is 14.8 Å². The zero-order chi connectivity index (χ0) is 23.5. The maximum atomic E-state index is 13.0. The summed E-state index contributed by atoms with van der Waals surface area (Å²) in [5, 5.41) is 15.6. The Morgan fingerprint density at radius 3 is 2.73 bits per heavy atom. The van der Waals surface area contributed by atoms with Crippen LogP contribution in [0.3, 0.4) is 0 Å². The van der Waals surface area contributed by atoms with Gasteiger partial charge in [-0.3, -0.25) is 14.4 Å². The molecule has 1 aliphatic heterocycles. The molecule has 1 aromatic heterocycles. The van der Waals surface area contributed by atoms with Crippen molar-refractivity contribution in [2.45, 2.75) is 39.2 Å². The highest BCUT2D eigenvalue weighted by Gasteiger charge is 2.34. The molecule has 3 aromatic rings. The van der Waals surface area contributed by atoms with Gasteiger partial charge in [0.15, 0.2) is 0 Å². The van der Waals surface area contributed by atoms with Crippen LogP contribution in [0.1, 0.15) is 48.9 Å². The van der Waals surface area contributed by atoms with Gasteiger partial charge in [-0.25, -0.2) is 5.01 Å². The van der Waals surface area contributed by atoms with E-state index in [1.165, 1.54) is 5.01 Å². The Balaban J connectivity index is 1.73. The summed E-state index contributed by atoms with van der Waals surface area (Å²) in [6.07, 6.45) is -0.140. The summed E-state index contributed by atoms with van der Waals surface area (Å²) >= 11 is 0. The molecule has 33 heavy (non-hydrogen) atoms. The molecule has 1 atom stereocenters. The number of rotatable bonds is 7. The van der Waals surface area contributed by atoms with Crippen molar-refractivity contribution < 1.29 is 19.4 Å². The number of hydrogen-bond acceptors (Lipinski definition) is 5.